The quantitative estimate of drug-likeness (QED) is 0.642. The van der Waals surface area contributed by atoms with Crippen molar-refractivity contribution in [2.75, 3.05) is 12.4 Å². The third kappa shape index (κ3) is 2.90. The van der Waals surface area contributed by atoms with Crippen molar-refractivity contribution in [2.45, 2.75) is 18.2 Å². The lowest BCUT2D eigenvalue weighted by molar-refractivity contribution is 0.0825. The normalized spacial score (nSPS) is 16.8. The van der Waals surface area contributed by atoms with E-state index in [1.165, 1.54) is 0 Å². The molecule has 0 N–H and O–H groups in total. The van der Waals surface area contributed by atoms with E-state index in [1.807, 2.05) is 42.8 Å². The van der Waals surface area contributed by atoms with Crippen molar-refractivity contribution < 1.29 is 9.47 Å². The van der Waals surface area contributed by atoms with E-state index in [9.17, 15) is 0 Å². The molecule has 0 bridgehead atoms. The monoisotopic (exact) mass is 303 g/mol. The zero-order valence-electron chi connectivity index (χ0n) is 12.1. The van der Waals surface area contributed by atoms with Crippen LogP contribution in [0.3, 0.4) is 0 Å². The van der Waals surface area contributed by atoms with Gasteiger partial charge in [-0.05, 0) is 19.1 Å². The SMILES string of the molecule is C=C(C)CSc1nnc([C@@H]2COc3ccccc3O2)n1C. The van der Waals surface area contributed by atoms with Gasteiger partial charge in [0.15, 0.2) is 28.6 Å². The fourth-order valence-electron chi connectivity index (χ4n) is 2.07. The summed E-state index contributed by atoms with van der Waals surface area (Å²) in [6.07, 6.45) is -0.239. The molecule has 2 aromatic rings. The Balaban J connectivity index is 1.78. The van der Waals surface area contributed by atoms with Gasteiger partial charge in [-0.15, -0.1) is 10.2 Å². The van der Waals surface area contributed by atoms with Crippen LogP contribution in [0.25, 0.3) is 0 Å². The average Bonchev–Trinajstić information content (AvgIpc) is 2.85. The maximum absolute atomic E-state index is 5.96. The molecule has 0 radical (unpaired) electrons. The predicted molar refractivity (Wildman–Crippen MR) is 81.8 cm³/mol. The fraction of sp³-hybridized carbons (Fsp3) is 0.333. The van der Waals surface area contributed by atoms with Crippen molar-refractivity contribution in [3.63, 3.8) is 0 Å². The second kappa shape index (κ2) is 5.81. The highest BCUT2D eigenvalue weighted by molar-refractivity contribution is 7.99. The number of fused-ring (bicyclic) bond motifs is 1. The van der Waals surface area contributed by atoms with Gasteiger partial charge < -0.3 is 14.0 Å². The molecule has 0 saturated heterocycles. The molecular formula is C15H17N3O2S. The second-order valence-electron chi connectivity index (χ2n) is 5.01. The van der Waals surface area contributed by atoms with E-state index in [-0.39, 0.29) is 6.10 Å². The number of hydrogen-bond acceptors (Lipinski definition) is 5. The van der Waals surface area contributed by atoms with Crippen molar-refractivity contribution in [1.29, 1.82) is 0 Å². The first-order valence-electron chi connectivity index (χ1n) is 6.70. The lowest BCUT2D eigenvalue weighted by atomic mass is 10.2. The Labute approximate surface area is 128 Å². The van der Waals surface area contributed by atoms with Gasteiger partial charge in [-0.2, -0.15) is 0 Å². The average molecular weight is 303 g/mol. The van der Waals surface area contributed by atoms with Crippen LogP contribution in [0.15, 0.2) is 41.6 Å². The Morgan fingerprint density at radius 1 is 1.38 bits per heavy atom. The van der Waals surface area contributed by atoms with Crippen molar-refractivity contribution in [3.05, 3.63) is 42.2 Å². The smallest absolute Gasteiger partial charge is 0.192 e. The largest absolute Gasteiger partial charge is 0.485 e. The molecule has 0 aliphatic carbocycles. The van der Waals surface area contributed by atoms with Gasteiger partial charge in [-0.25, -0.2) is 0 Å². The highest BCUT2D eigenvalue weighted by atomic mass is 32.2. The molecule has 1 aromatic heterocycles. The number of para-hydroxylation sites is 2. The van der Waals surface area contributed by atoms with E-state index < -0.39 is 0 Å². The van der Waals surface area contributed by atoms with Gasteiger partial charge in [0.2, 0.25) is 0 Å². The van der Waals surface area contributed by atoms with Crippen LogP contribution in [-0.2, 0) is 7.05 Å². The topological polar surface area (TPSA) is 49.2 Å². The molecule has 0 saturated carbocycles. The van der Waals surface area contributed by atoms with Gasteiger partial charge in [0.1, 0.15) is 6.61 Å². The first-order valence-corrected chi connectivity index (χ1v) is 7.68. The Kier molecular flexibility index (Phi) is 3.88. The molecule has 1 aliphatic heterocycles. The number of thioether (sulfide) groups is 1. The van der Waals surface area contributed by atoms with E-state index in [0.717, 1.165) is 33.8 Å². The summed E-state index contributed by atoms with van der Waals surface area (Å²) >= 11 is 1.62. The maximum Gasteiger partial charge on any atom is 0.192 e. The number of aromatic nitrogens is 3. The summed E-state index contributed by atoms with van der Waals surface area (Å²) in [6, 6.07) is 7.65. The lowest BCUT2D eigenvalue weighted by Crippen LogP contribution is -2.24. The van der Waals surface area contributed by atoms with Crippen molar-refractivity contribution in [3.8, 4) is 11.5 Å². The maximum atomic E-state index is 5.96. The summed E-state index contributed by atoms with van der Waals surface area (Å²) in [5.74, 6) is 3.12. The molecule has 1 aliphatic rings. The summed E-state index contributed by atoms with van der Waals surface area (Å²) in [6.45, 7) is 6.34. The minimum atomic E-state index is -0.239. The summed E-state index contributed by atoms with van der Waals surface area (Å²) in [7, 11) is 1.94. The molecule has 0 amide bonds. The third-order valence-electron chi connectivity index (χ3n) is 3.11. The predicted octanol–water partition coefficient (Wildman–Crippen LogP) is 3.00. The fourth-order valence-corrected chi connectivity index (χ4v) is 2.83. The minimum Gasteiger partial charge on any atom is -0.485 e. The first kappa shape index (κ1) is 14.0. The number of rotatable bonds is 4. The van der Waals surface area contributed by atoms with E-state index in [4.69, 9.17) is 9.47 Å². The molecule has 6 heteroatoms. The molecule has 2 heterocycles. The van der Waals surface area contributed by atoms with Crippen LogP contribution in [0.4, 0.5) is 0 Å². The van der Waals surface area contributed by atoms with Gasteiger partial charge in [-0.1, -0.05) is 36.0 Å². The second-order valence-corrected chi connectivity index (χ2v) is 5.95. The molecule has 110 valence electrons. The molecule has 1 atom stereocenters. The number of benzene rings is 1. The van der Waals surface area contributed by atoms with Gasteiger partial charge in [0, 0.05) is 12.8 Å². The minimum absolute atomic E-state index is 0.239. The number of ether oxygens (including phenoxy) is 2. The highest BCUT2D eigenvalue weighted by Gasteiger charge is 2.27. The van der Waals surface area contributed by atoms with Crippen LogP contribution < -0.4 is 9.47 Å². The lowest BCUT2D eigenvalue weighted by Gasteiger charge is -2.25. The van der Waals surface area contributed by atoms with E-state index in [2.05, 4.69) is 16.8 Å². The summed E-state index contributed by atoms with van der Waals surface area (Å²) in [5, 5.41) is 9.32. The van der Waals surface area contributed by atoms with E-state index in [0.29, 0.717) is 6.61 Å². The molecule has 3 rings (SSSR count). The van der Waals surface area contributed by atoms with Crippen molar-refractivity contribution >= 4 is 11.8 Å². The van der Waals surface area contributed by atoms with Crippen LogP contribution in [0.2, 0.25) is 0 Å². The zero-order chi connectivity index (χ0) is 14.8. The van der Waals surface area contributed by atoms with E-state index in [1.54, 1.807) is 11.8 Å². The van der Waals surface area contributed by atoms with Crippen molar-refractivity contribution in [2.24, 2.45) is 7.05 Å². The number of nitrogens with zero attached hydrogens (tertiary/aromatic N) is 3. The van der Waals surface area contributed by atoms with Crippen LogP contribution in [-0.4, -0.2) is 27.1 Å². The van der Waals surface area contributed by atoms with Crippen LogP contribution >= 0.6 is 11.8 Å². The van der Waals surface area contributed by atoms with Gasteiger partial charge in [0.25, 0.3) is 0 Å². The Morgan fingerprint density at radius 2 is 2.14 bits per heavy atom. The molecule has 1 aromatic carbocycles. The van der Waals surface area contributed by atoms with Gasteiger partial charge >= 0.3 is 0 Å². The molecule has 0 fully saturated rings. The first-order chi connectivity index (χ1) is 10.1. The summed E-state index contributed by atoms with van der Waals surface area (Å²) < 4.78 is 13.6. The molecule has 0 spiro atoms. The van der Waals surface area contributed by atoms with Crippen molar-refractivity contribution in [1.82, 2.24) is 14.8 Å². The third-order valence-corrected chi connectivity index (χ3v) is 4.36. The van der Waals surface area contributed by atoms with Gasteiger partial charge in [-0.3, -0.25) is 0 Å². The molecule has 21 heavy (non-hydrogen) atoms. The highest BCUT2D eigenvalue weighted by Crippen LogP contribution is 2.35. The van der Waals surface area contributed by atoms with Crippen LogP contribution in [0, 0.1) is 0 Å². The summed E-state index contributed by atoms with van der Waals surface area (Å²) in [5.41, 5.74) is 1.11. The Bertz CT molecular complexity index is 669. The van der Waals surface area contributed by atoms with Crippen LogP contribution in [0.1, 0.15) is 18.9 Å². The molecular weight excluding hydrogens is 286 g/mol. The zero-order valence-corrected chi connectivity index (χ0v) is 12.9. The van der Waals surface area contributed by atoms with Gasteiger partial charge in [0.05, 0.1) is 0 Å². The van der Waals surface area contributed by atoms with E-state index >= 15 is 0 Å². The number of hydrogen-bond donors (Lipinski definition) is 0. The molecule has 5 nitrogen and oxygen atoms in total. The Hall–Kier alpha value is -1.95. The molecule has 0 unspecified atom stereocenters. The van der Waals surface area contributed by atoms with Crippen LogP contribution in [0.5, 0.6) is 11.5 Å². The standard InChI is InChI=1S/C15H17N3O2S/c1-10(2)9-21-15-17-16-14(18(15)3)13-8-19-11-6-4-5-7-12(11)20-13/h4-7,13H,1,8-9H2,2-3H3/t13-/m0/s1. The Morgan fingerprint density at radius 3 is 2.90 bits per heavy atom. The summed E-state index contributed by atoms with van der Waals surface area (Å²) in [4.78, 5) is 0.